The summed E-state index contributed by atoms with van der Waals surface area (Å²) in [6.07, 6.45) is 1.88. The first-order valence-corrected chi connectivity index (χ1v) is 6.38. The topological polar surface area (TPSA) is 69.6 Å². The summed E-state index contributed by atoms with van der Waals surface area (Å²) >= 11 is 5.81. The highest BCUT2D eigenvalue weighted by molar-refractivity contribution is 6.31. The molecule has 2 N–H and O–H groups in total. The Bertz CT molecular complexity index is 477. The Labute approximate surface area is 117 Å². The van der Waals surface area contributed by atoms with Crippen LogP contribution >= 0.6 is 11.6 Å². The number of anilines is 1. The SMILES string of the molecule is CCCCN(C)C(=O)Nc1cc(Cl)ccc1C(=O)O. The van der Waals surface area contributed by atoms with Gasteiger partial charge in [-0.2, -0.15) is 0 Å². The van der Waals surface area contributed by atoms with E-state index in [9.17, 15) is 9.59 Å². The van der Waals surface area contributed by atoms with Gasteiger partial charge in [0.15, 0.2) is 0 Å². The summed E-state index contributed by atoms with van der Waals surface area (Å²) in [4.78, 5) is 24.4. The van der Waals surface area contributed by atoms with Crippen molar-refractivity contribution in [1.82, 2.24) is 4.90 Å². The predicted molar refractivity (Wildman–Crippen MR) is 75.0 cm³/mol. The Balaban J connectivity index is 2.83. The summed E-state index contributed by atoms with van der Waals surface area (Å²) in [6.45, 7) is 2.65. The van der Waals surface area contributed by atoms with Gasteiger partial charge in [0.05, 0.1) is 11.3 Å². The molecule has 19 heavy (non-hydrogen) atoms. The van der Waals surface area contributed by atoms with Gasteiger partial charge in [0.2, 0.25) is 0 Å². The molecule has 0 aromatic heterocycles. The van der Waals surface area contributed by atoms with E-state index in [4.69, 9.17) is 16.7 Å². The quantitative estimate of drug-likeness (QED) is 0.871. The lowest BCUT2D eigenvalue weighted by molar-refractivity contribution is 0.0698. The molecule has 0 aliphatic rings. The zero-order valence-electron chi connectivity index (χ0n) is 10.9. The highest BCUT2D eigenvalue weighted by atomic mass is 35.5. The van der Waals surface area contributed by atoms with Gasteiger partial charge in [-0.15, -0.1) is 0 Å². The highest BCUT2D eigenvalue weighted by Crippen LogP contribution is 2.21. The molecule has 0 fully saturated rings. The molecule has 2 amide bonds. The van der Waals surface area contributed by atoms with Gasteiger partial charge in [0, 0.05) is 18.6 Å². The summed E-state index contributed by atoms with van der Waals surface area (Å²) < 4.78 is 0. The van der Waals surface area contributed by atoms with Crippen molar-refractivity contribution in [2.75, 3.05) is 18.9 Å². The van der Waals surface area contributed by atoms with Crippen molar-refractivity contribution in [2.24, 2.45) is 0 Å². The molecule has 0 saturated carbocycles. The van der Waals surface area contributed by atoms with Crippen LogP contribution in [0, 0.1) is 0 Å². The number of carboxylic acid groups (broad SMARTS) is 1. The largest absolute Gasteiger partial charge is 0.478 e. The fourth-order valence-electron chi connectivity index (χ4n) is 1.51. The number of carbonyl (C=O) groups excluding carboxylic acids is 1. The molecule has 0 atom stereocenters. The minimum absolute atomic E-state index is 0.0154. The Kier molecular flexibility index (Phi) is 5.63. The van der Waals surface area contributed by atoms with E-state index in [0.29, 0.717) is 11.6 Å². The van der Waals surface area contributed by atoms with Crippen molar-refractivity contribution in [1.29, 1.82) is 0 Å². The number of halogens is 1. The molecule has 6 heteroatoms. The summed E-state index contributed by atoms with van der Waals surface area (Å²) in [7, 11) is 1.66. The van der Waals surface area contributed by atoms with E-state index in [2.05, 4.69) is 5.32 Å². The number of carboxylic acids is 1. The van der Waals surface area contributed by atoms with Gasteiger partial charge in [0.25, 0.3) is 0 Å². The fraction of sp³-hybridized carbons (Fsp3) is 0.385. The molecule has 0 spiro atoms. The molecule has 0 unspecified atom stereocenters. The lowest BCUT2D eigenvalue weighted by Crippen LogP contribution is -2.32. The molecular formula is C13H17ClN2O3. The van der Waals surface area contributed by atoms with Crippen LogP contribution in [0.15, 0.2) is 18.2 Å². The molecule has 0 heterocycles. The average Bonchev–Trinajstić information content (AvgIpc) is 2.35. The van der Waals surface area contributed by atoms with Gasteiger partial charge < -0.3 is 15.3 Å². The molecular weight excluding hydrogens is 268 g/mol. The predicted octanol–water partition coefficient (Wildman–Crippen LogP) is 3.30. The van der Waals surface area contributed by atoms with Gasteiger partial charge >= 0.3 is 12.0 Å². The molecule has 1 rings (SSSR count). The summed E-state index contributed by atoms with van der Waals surface area (Å²) in [5.74, 6) is -1.11. The molecule has 5 nitrogen and oxygen atoms in total. The van der Waals surface area contributed by atoms with E-state index in [-0.39, 0.29) is 17.3 Å². The van der Waals surface area contributed by atoms with Gasteiger partial charge in [-0.25, -0.2) is 9.59 Å². The first kappa shape index (κ1) is 15.3. The Hall–Kier alpha value is -1.75. The number of aromatic carboxylic acids is 1. The lowest BCUT2D eigenvalue weighted by Gasteiger charge is -2.18. The fourth-order valence-corrected chi connectivity index (χ4v) is 1.69. The standard InChI is InChI=1S/C13H17ClN2O3/c1-3-4-7-16(2)13(19)15-11-8-9(14)5-6-10(11)12(17)18/h5-6,8H,3-4,7H2,1-2H3,(H,15,19)(H,17,18). The third-order valence-electron chi connectivity index (χ3n) is 2.65. The van der Waals surface area contributed by atoms with Crippen LogP contribution in [0.3, 0.4) is 0 Å². The van der Waals surface area contributed by atoms with E-state index in [1.807, 2.05) is 6.92 Å². The molecule has 0 saturated heterocycles. The van der Waals surface area contributed by atoms with E-state index in [1.165, 1.54) is 23.1 Å². The second-order valence-corrected chi connectivity index (χ2v) is 4.64. The second kappa shape index (κ2) is 6.99. The zero-order valence-corrected chi connectivity index (χ0v) is 11.7. The van der Waals surface area contributed by atoms with Gasteiger partial charge in [-0.1, -0.05) is 24.9 Å². The molecule has 0 aliphatic carbocycles. The highest BCUT2D eigenvalue weighted by Gasteiger charge is 2.15. The number of unbranched alkanes of at least 4 members (excludes halogenated alkanes) is 1. The van der Waals surface area contributed by atoms with Crippen LogP contribution in [0.25, 0.3) is 0 Å². The zero-order chi connectivity index (χ0) is 14.4. The third kappa shape index (κ3) is 4.44. The summed E-state index contributed by atoms with van der Waals surface area (Å²) in [6, 6.07) is 3.92. The smallest absolute Gasteiger partial charge is 0.337 e. The lowest BCUT2D eigenvalue weighted by atomic mass is 10.2. The average molecular weight is 285 g/mol. The number of amides is 2. The van der Waals surface area contributed by atoms with Crippen LogP contribution in [0.1, 0.15) is 30.1 Å². The van der Waals surface area contributed by atoms with Crippen LogP contribution < -0.4 is 5.32 Å². The van der Waals surface area contributed by atoms with E-state index in [1.54, 1.807) is 7.05 Å². The van der Waals surface area contributed by atoms with Crippen molar-refractivity contribution in [3.05, 3.63) is 28.8 Å². The van der Waals surface area contributed by atoms with Crippen molar-refractivity contribution in [2.45, 2.75) is 19.8 Å². The number of rotatable bonds is 5. The van der Waals surface area contributed by atoms with E-state index >= 15 is 0 Å². The number of carbonyl (C=O) groups is 2. The molecule has 1 aromatic carbocycles. The van der Waals surface area contributed by atoms with Crippen LogP contribution in [0.4, 0.5) is 10.5 Å². The number of nitrogens with one attached hydrogen (secondary N) is 1. The maximum atomic E-state index is 11.9. The number of benzene rings is 1. The monoisotopic (exact) mass is 284 g/mol. The maximum absolute atomic E-state index is 11.9. The molecule has 1 aromatic rings. The van der Waals surface area contributed by atoms with Gasteiger partial charge in [0.1, 0.15) is 0 Å². The molecule has 0 aliphatic heterocycles. The third-order valence-corrected chi connectivity index (χ3v) is 2.88. The van der Waals surface area contributed by atoms with Crippen LogP contribution in [0.5, 0.6) is 0 Å². The van der Waals surface area contributed by atoms with Crippen molar-refractivity contribution < 1.29 is 14.7 Å². The first-order valence-electron chi connectivity index (χ1n) is 6.00. The number of hydrogen-bond acceptors (Lipinski definition) is 2. The van der Waals surface area contributed by atoms with Gasteiger partial charge in [-0.3, -0.25) is 0 Å². The van der Waals surface area contributed by atoms with Crippen LogP contribution in [-0.2, 0) is 0 Å². The molecule has 0 bridgehead atoms. The Morgan fingerprint density at radius 3 is 2.68 bits per heavy atom. The van der Waals surface area contributed by atoms with Crippen molar-refractivity contribution in [3.8, 4) is 0 Å². The van der Waals surface area contributed by atoms with Gasteiger partial charge in [-0.05, 0) is 24.6 Å². The number of nitrogens with zero attached hydrogens (tertiary/aromatic N) is 1. The number of hydrogen-bond donors (Lipinski definition) is 2. The minimum atomic E-state index is -1.11. The Morgan fingerprint density at radius 1 is 1.42 bits per heavy atom. The Morgan fingerprint density at radius 2 is 2.11 bits per heavy atom. The van der Waals surface area contributed by atoms with E-state index < -0.39 is 5.97 Å². The molecule has 104 valence electrons. The van der Waals surface area contributed by atoms with Crippen LogP contribution in [-0.4, -0.2) is 35.6 Å². The maximum Gasteiger partial charge on any atom is 0.337 e. The van der Waals surface area contributed by atoms with Crippen LogP contribution in [0.2, 0.25) is 5.02 Å². The minimum Gasteiger partial charge on any atom is -0.478 e. The normalized spacial score (nSPS) is 10.1. The first-order chi connectivity index (χ1) is 8.95. The van der Waals surface area contributed by atoms with Crippen molar-refractivity contribution in [3.63, 3.8) is 0 Å². The summed E-state index contributed by atoms with van der Waals surface area (Å²) in [5.41, 5.74) is 0.218. The summed E-state index contributed by atoms with van der Waals surface area (Å²) in [5, 5.41) is 12.0. The molecule has 0 radical (unpaired) electrons. The second-order valence-electron chi connectivity index (χ2n) is 4.20. The van der Waals surface area contributed by atoms with Crippen molar-refractivity contribution >= 4 is 29.3 Å². The van der Waals surface area contributed by atoms with E-state index in [0.717, 1.165) is 12.8 Å². The number of urea groups is 1.